The Morgan fingerprint density at radius 2 is 2.19 bits per heavy atom. The van der Waals surface area contributed by atoms with Gasteiger partial charge in [-0.3, -0.25) is 4.79 Å². The molecule has 0 aliphatic heterocycles. The summed E-state index contributed by atoms with van der Waals surface area (Å²) in [6.45, 7) is 7.81. The number of ether oxygens (including phenoxy) is 1. The van der Waals surface area contributed by atoms with E-state index in [1.54, 1.807) is 6.26 Å². The van der Waals surface area contributed by atoms with Crippen LogP contribution in [0.4, 0.5) is 0 Å². The van der Waals surface area contributed by atoms with Gasteiger partial charge in [0.1, 0.15) is 11.9 Å². The Hall–Kier alpha value is -1.29. The number of aliphatic hydroxyl groups excluding tert-OH is 1. The highest BCUT2D eigenvalue weighted by atomic mass is 16.5. The number of rotatable bonds is 1. The van der Waals surface area contributed by atoms with E-state index in [1.807, 2.05) is 6.92 Å². The van der Waals surface area contributed by atoms with Gasteiger partial charge in [0.15, 0.2) is 0 Å². The van der Waals surface area contributed by atoms with E-state index < -0.39 is 0 Å². The van der Waals surface area contributed by atoms with Crippen molar-refractivity contribution in [3.05, 3.63) is 23.2 Å². The number of carbonyl (C=O) groups is 1. The van der Waals surface area contributed by atoms with Gasteiger partial charge in [0.25, 0.3) is 0 Å². The van der Waals surface area contributed by atoms with Crippen molar-refractivity contribution >= 4 is 5.97 Å². The molecule has 116 valence electrons. The van der Waals surface area contributed by atoms with Crippen molar-refractivity contribution < 1.29 is 19.1 Å². The predicted molar refractivity (Wildman–Crippen MR) is 77.7 cm³/mol. The molecular weight excluding hydrogens is 268 g/mol. The molecule has 1 N–H and O–H groups in total. The summed E-state index contributed by atoms with van der Waals surface area (Å²) in [5, 5.41) is 10.5. The molecule has 0 bridgehead atoms. The number of aryl methyl sites for hydroxylation is 1. The largest absolute Gasteiger partial charge is 0.469 e. The van der Waals surface area contributed by atoms with Crippen molar-refractivity contribution in [3.8, 4) is 0 Å². The fraction of sp³-hybridized carbons (Fsp3) is 0.706. The second-order valence-electron chi connectivity index (χ2n) is 6.97. The molecule has 3 rings (SSSR count). The summed E-state index contributed by atoms with van der Waals surface area (Å²) < 4.78 is 11.4. The summed E-state index contributed by atoms with van der Waals surface area (Å²) in [4.78, 5) is 11.6. The molecule has 5 atom stereocenters. The van der Waals surface area contributed by atoms with Gasteiger partial charge < -0.3 is 14.3 Å². The molecule has 2 aliphatic rings. The molecule has 0 unspecified atom stereocenters. The SMILES string of the molecule is CC(=O)O[C@@H]1c2c(C)coc2C[C@H]2[C@@H](O)CC[C@H](C)[C@@]12C. The molecule has 1 aromatic rings. The number of fused-ring (bicyclic) bond motifs is 2. The average molecular weight is 292 g/mol. The van der Waals surface area contributed by atoms with Crippen molar-refractivity contribution in [3.63, 3.8) is 0 Å². The molecule has 0 spiro atoms. The number of hydrogen-bond donors (Lipinski definition) is 1. The lowest BCUT2D eigenvalue weighted by molar-refractivity contribution is -0.176. The lowest BCUT2D eigenvalue weighted by atomic mass is 9.53. The molecule has 1 heterocycles. The predicted octanol–water partition coefficient (Wildman–Crippen LogP) is 3.16. The molecule has 21 heavy (non-hydrogen) atoms. The maximum atomic E-state index is 11.6. The van der Waals surface area contributed by atoms with Gasteiger partial charge in [0, 0.05) is 30.2 Å². The van der Waals surface area contributed by atoms with Crippen LogP contribution in [0.5, 0.6) is 0 Å². The topological polar surface area (TPSA) is 59.7 Å². The van der Waals surface area contributed by atoms with Gasteiger partial charge in [-0.2, -0.15) is 0 Å². The Morgan fingerprint density at radius 1 is 1.48 bits per heavy atom. The van der Waals surface area contributed by atoms with Gasteiger partial charge in [-0.15, -0.1) is 0 Å². The molecule has 0 aromatic carbocycles. The standard InChI is InChI=1S/C17H24O4/c1-9-8-20-14-7-12-13(19)6-5-10(2)17(12,4)16(15(9)14)21-11(3)18/h8,10,12-13,16,19H,5-7H2,1-4H3/t10-,12-,13-,16+,17+/m0/s1. The lowest BCUT2D eigenvalue weighted by Crippen LogP contribution is -2.52. The van der Waals surface area contributed by atoms with E-state index in [0.29, 0.717) is 5.92 Å². The minimum atomic E-state index is -0.359. The number of aliphatic hydroxyl groups is 1. The minimum Gasteiger partial charge on any atom is -0.469 e. The van der Waals surface area contributed by atoms with Crippen LogP contribution in [0.1, 0.15) is 56.6 Å². The fourth-order valence-electron chi connectivity index (χ4n) is 4.40. The van der Waals surface area contributed by atoms with E-state index >= 15 is 0 Å². The first kappa shape index (κ1) is 14.6. The van der Waals surface area contributed by atoms with Crippen LogP contribution in [0, 0.1) is 24.2 Å². The number of carbonyl (C=O) groups excluding carboxylic acids is 1. The van der Waals surface area contributed by atoms with Gasteiger partial charge in [-0.25, -0.2) is 0 Å². The third kappa shape index (κ3) is 2.03. The summed E-state index contributed by atoms with van der Waals surface area (Å²) in [5.74, 6) is 1.05. The molecule has 4 nitrogen and oxygen atoms in total. The highest BCUT2D eigenvalue weighted by Gasteiger charge is 2.57. The second-order valence-corrected chi connectivity index (χ2v) is 6.97. The van der Waals surface area contributed by atoms with Crippen molar-refractivity contribution in [2.45, 2.75) is 59.2 Å². The molecule has 0 radical (unpaired) electrons. The quantitative estimate of drug-likeness (QED) is 0.808. The average Bonchev–Trinajstić information content (AvgIpc) is 2.78. The molecule has 1 saturated carbocycles. The zero-order valence-electron chi connectivity index (χ0n) is 13.2. The van der Waals surface area contributed by atoms with E-state index in [-0.39, 0.29) is 29.5 Å². The number of furan rings is 1. The van der Waals surface area contributed by atoms with Crippen LogP contribution >= 0.6 is 0 Å². The van der Waals surface area contributed by atoms with Gasteiger partial charge in [0.2, 0.25) is 0 Å². The van der Waals surface area contributed by atoms with Crippen molar-refractivity contribution in [1.29, 1.82) is 0 Å². The van der Waals surface area contributed by atoms with Gasteiger partial charge in [-0.1, -0.05) is 13.8 Å². The van der Waals surface area contributed by atoms with Crippen LogP contribution in [0.25, 0.3) is 0 Å². The first-order valence-electron chi connectivity index (χ1n) is 7.77. The first-order chi connectivity index (χ1) is 9.85. The van der Waals surface area contributed by atoms with Crippen LogP contribution in [0.15, 0.2) is 10.7 Å². The van der Waals surface area contributed by atoms with Crippen molar-refractivity contribution in [2.75, 3.05) is 0 Å². The Labute approximate surface area is 125 Å². The molecule has 1 aromatic heterocycles. The highest BCUT2D eigenvalue weighted by Crippen LogP contribution is 2.59. The molecule has 0 saturated heterocycles. The van der Waals surface area contributed by atoms with Gasteiger partial charge in [-0.05, 0) is 31.2 Å². The Kier molecular flexibility index (Phi) is 3.40. The van der Waals surface area contributed by atoms with Crippen LogP contribution in [0.2, 0.25) is 0 Å². The minimum absolute atomic E-state index is 0.0728. The van der Waals surface area contributed by atoms with Crippen LogP contribution in [0.3, 0.4) is 0 Å². The molecule has 0 amide bonds. The summed E-state index contributed by atoms with van der Waals surface area (Å²) in [5.41, 5.74) is 1.80. The molecule has 1 fully saturated rings. The second kappa shape index (κ2) is 4.87. The normalized spacial score (nSPS) is 38.5. The highest BCUT2D eigenvalue weighted by molar-refractivity contribution is 5.66. The summed E-state index contributed by atoms with van der Waals surface area (Å²) >= 11 is 0. The smallest absolute Gasteiger partial charge is 0.303 e. The summed E-state index contributed by atoms with van der Waals surface area (Å²) in [6, 6.07) is 0. The lowest BCUT2D eigenvalue weighted by Gasteiger charge is -2.54. The zero-order valence-corrected chi connectivity index (χ0v) is 13.2. The first-order valence-corrected chi connectivity index (χ1v) is 7.77. The molecular formula is C17H24O4. The van der Waals surface area contributed by atoms with Crippen LogP contribution in [-0.2, 0) is 16.0 Å². The maximum Gasteiger partial charge on any atom is 0.303 e. The Bertz CT molecular complexity index is 561. The Balaban J connectivity index is 2.14. The van der Waals surface area contributed by atoms with Gasteiger partial charge >= 0.3 is 5.97 Å². The maximum absolute atomic E-state index is 11.6. The van der Waals surface area contributed by atoms with E-state index in [1.165, 1.54) is 6.92 Å². The monoisotopic (exact) mass is 292 g/mol. The van der Waals surface area contributed by atoms with Gasteiger partial charge in [0.05, 0.1) is 12.4 Å². The molecule has 2 aliphatic carbocycles. The van der Waals surface area contributed by atoms with E-state index in [2.05, 4.69) is 13.8 Å². The van der Waals surface area contributed by atoms with Crippen molar-refractivity contribution in [2.24, 2.45) is 17.3 Å². The Morgan fingerprint density at radius 3 is 2.86 bits per heavy atom. The van der Waals surface area contributed by atoms with Crippen LogP contribution in [-0.4, -0.2) is 17.2 Å². The third-order valence-corrected chi connectivity index (χ3v) is 5.84. The fourth-order valence-corrected chi connectivity index (χ4v) is 4.40. The molecule has 4 heteroatoms. The third-order valence-electron chi connectivity index (χ3n) is 5.84. The van der Waals surface area contributed by atoms with E-state index in [0.717, 1.165) is 36.1 Å². The summed E-state index contributed by atoms with van der Waals surface area (Å²) in [7, 11) is 0. The van der Waals surface area contributed by atoms with Crippen LogP contribution < -0.4 is 0 Å². The zero-order chi connectivity index (χ0) is 15.4. The number of hydrogen-bond acceptors (Lipinski definition) is 4. The summed E-state index contributed by atoms with van der Waals surface area (Å²) in [6.07, 6.45) is 3.54. The van der Waals surface area contributed by atoms with Crippen molar-refractivity contribution in [1.82, 2.24) is 0 Å². The van der Waals surface area contributed by atoms with E-state index in [4.69, 9.17) is 9.15 Å². The number of esters is 1. The van der Waals surface area contributed by atoms with E-state index in [9.17, 15) is 9.90 Å².